The number of carbonyl (C=O) groups excluding carboxylic acids is 3. The second-order valence-corrected chi connectivity index (χ2v) is 25.0. The minimum absolute atomic E-state index is 0.0907. The molecule has 0 bridgehead atoms. The van der Waals surface area contributed by atoms with E-state index in [1.54, 1.807) is 69.7 Å². The zero-order valence-corrected chi connectivity index (χ0v) is 50.3. The summed E-state index contributed by atoms with van der Waals surface area (Å²) in [5, 5.41) is 29.4. The first kappa shape index (κ1) is 57.2. The molecule has 0 radical (unpaired) electrons. The van der Waals surface area contributed by atoms with Crippen molar-refractivity contribution >= 4 is 63.4 Å². The van der Waals surface area contributed by atoms with Gasteiger partial charge < -0.3 is 15.4 Å². The number of nitrogens with one attached hydrogen (secondary N) is 2. The van der Waals surface area contributed by atoms with Crippen LogP contribution in [0.5, 0.6) is 0 Å². The minimum atomic E-state index is -0.354. The fourth-order valence-electron chi connectivity index (χ4n) is 9.23. The van der Waals surface area contributed by atoms with Crippen LogP contribution in [0, 0.1) is 20.8 Å². The van der Waals surface area contributed by atoms with Gasteiger partial charge in [-0.1, -0.05) is 12.1 Å². The Balaban J connectivity index is 0.000000135. The topological polar surface area (TPSA) is 236 Å². The maximum absolute atomic E-state index is 12.9. The molecule has 0 unspecified atom stereocenters. The van der Waals surface area contributed by atoms with Crippen LogP contribution < -0.4 is 10.6 Å². The lowest BCUT2D eigenvalue weighted by molar-refractivity contribution is 0.0519. The van der Waals surface area contributed by atoms with Gasteiger partial charge in [0.15, 0.2) is 0 Å². The summed E-state index contributed by atoms with van der Waals surface area (Å²) in [4.78, 5) is 67.5. The lowest BCUT2D eigenvalue weighted by Crippen LogP contribution is -2.15. The van der Waals surface area contributed by atoms with Crippen molar-refractivity contribution in [3.8, 4) is 54.4 Å². The first-order valence-corrected chi connectivity index (χ1v) is 30.6. The van der Waals surface area contributed by atoms with Crippen LogP contribution in [0.2, 0.25) is 0 Å². The number of hydrogen-bond donors (Lipinski definition) is 2. The number of rotatable bonds is 16. The fourth-order valence-corrected chi connectivity index (χ4v) is 13.0. The number of aromatic nitrogens is 13. The Morgan fingerprint density at radius 2 is 0.905 bits per heavy atom. The number of carbonyl (C=O) groups is 3. The molecule has 3 fully saturated rings. The minimum Gasteiger partial charge on any atom is -0.461 e. The van der Waals surface area contributed by atoms with Gasteiger partial charge in [-0.3, -0.25) is 19.6 Å². The summed E-state index contributed by atoms with van der Waals surface area (Å²) in [6, 6.07) is 29.5. The standard InChI is InChI=1S/2C23H23N7OS.C16H17NO2S/c2*1-13(2)30-22(27-28-29-30)17-5-4-6-21(25-17)26-23(31)18-11-16(14(3)12-24-18)20-10-9-19(32-20)15-7-8-15;1-3-19-16(18)13-8-12(10(2)9-17-13)15-7-6-14(20-15)11-4-5-11/h2*4-6,9-13,15H,7-8H2,1-3H3,(H,25,26,31);6-9,11H,3-5H2,1-2H3. The van der Waals surface area contributed by atoms with Gasteiger partial charge in [0, 0.05) is 47.9 Å². The molecule has 0 aromatic carbocycles. The van der Waals surface area contributed by atoms with Crippen molar-refractivity contribution in [2.45, 2.75) is 124 Å². The Bertz CT molecular complexity index is 3820. The van der Waals surface area contributed by atoms with Gasteiger partial charge >= 0.3 is 5.97 Å². The van der Waals surface area contributed by atoms with E-state index in [9.17, 15) is 14.4 Å². The van der Waals surface area contributed by atoms with Gasteiger partial charge in [-0.2, -0.15) is 0 Å². The van der Waals surface area contributed by atoms with Crippen molar-refractivity contribution in [1.82, 2.24) is 65.3 Å². The first-order valence-electron chi connectivity index (χ1n) is 28.2. The number of tetrazole rings is 2. The number of nitrogens with zero attached hydrogens (tertiary/aromatic N) is 13. The number of ether oxygens (including phenoxy) is 1. The van der Waals surface area contributed by atoms with E-state index in [-0.39, 0.29) is 29.9 Å². The van der Waals surface area contributed by atoms with Crippen LogP contribution in [0.15, 0.2) is 110 Å². The molecule has 0 atom stereocenters. The van der Waals surface area contributed by atoms with E-state index in [1.807, 2.05) is 102 Å². The van der Waals surface area contributed by atoms with E-state index in [4.69, 9.17) is 4.74 Å². The number of anilines is 2. The Labute approximate surface area is 498 Å². The highest BCUT2D eigenvalue weighted by Crippen LogP contribution is 2.47. The van der Waals surface area contributed by atoms with Crippen LogP contribution in [0.3, 0.4) is 0 Å². The van der Waals surface area contributed by atoms with Gasteiger partial charge in [0.05, 0.1) is 18.7 Å². The summed E-state index contributed by atoms with van der Waals surface area (Å²) in [5.74, 6) is 3.17. The van der Waals surface area contributed by atoms with E-state index in [0.717, 1.165) is 39.3 Å². The summed E-state index contributed by atoms with van der Waals surface area (Å²) < 4.78 is 8.40. The molecule has 3 aliphatic rings. The van der Waals surface area contributed by atoms with Crippen LogP contribution in [-0.2, 0) is 4.74 Å². The van der Waals surface area contributed by atoms with Crippen molar-refractivity contribution in [1.29, 1.82) is 0 Å². The summed E-state index contributed by atoms with van der Waals surface area (Å²) in [6.45, 7) is 16.2. The highest BCUT2D eigenvalue weighted by molar-refractivity contribution is 7.16. The Kier molecular flexibility index (Phi) is 17.1. The maximum atomic E-state index is 12.9. The fraction of sp³-hybridized carbons (Fsp3) is 0.323. The molecule has 22 heteroatoms. The van der Waals surface area contributed by atoms with Crippen molar-refractivity contribution in [3.63, 3.8) is 0 Å². The summed E-state index contributed by atoms with van der Waals surface area (Å²) in [7, 11) is 0. The van der Waals surface area contributed by atoms with E-state index >= 15 is 0 Å². The third-order valence-electron chi connectivity index (χ3n) is 14.3. The quantitative estimate of drug-likeness (QED) is 0.0856. The van der Waals surface area contributed by atoms with Crippen molar-refractivity contribution in [3.05, 3.63) is 158 Å². The number of amides is 2. The molecule has 0 spiro atoms. The highest BCUT2D eigenvalue weighted by atomic mass is 32.1. The zero-order chi connectivity index (χ0) is 58.6. The van der Waals surface area contributed by atoms with Gasteiger partial charge in [-0.05, 0) is 245 Å². The van der Waals surface area contributed by atoms with Gasteiger partial charge in [-0.15, -0.1) is 44.2 Å². The summed E-state index contributed by atoms with van der Waals surface area (Å²) >= 11 is 5.44. The molecule has 0 saturated heterocycles. The van der Waals surface area contributed by atoms with Crippen LogP contribution in [0.4, 0.5) is 11.6 Å². The molecule has 3 saturated carbocycles. The number of aryl methyl sites for hydroxylation is 3. The molecule has 10 aromatic heterocycles. The lowest BCUT2D eigenvalue weighted by atomic mass is 10.1. The van der Waals surface area contributed by atoms with E-state index < -0.39 is 0 Å². The third kappa shape index (κ3) is 13.4. The third-order valence-corrected chi connectivity index (χ3v) is 18.1. The van der Waals surface area contributed by atoms with Crippen LogP contribution in [0.1, 0.15) is 166 Å². The van der Waals surface area contributed by atoms with Crippen molar-refractivity contribution in [2.75, 3.05) is 17.2 Å². The van der Waals surface area contributed by atoms with Crippen molar-refractivity contribution < 1.29 is 19.1 Å². The normalized spacial score (nSPS) is 13.7. The Morgan fingerprint density at radius 3 is 1.26 bits per heavy atom. The summed E-state index contributed by atoms with van der Waals surface area (Å²) in [6.07, 6.45) is 13.0. The lowest BCUT2D eigenvalue weighted by Gasteiger charge is -2.10. The average Bonchev–Trinajstić information content (AvgIpc) is 4.43. The van der Waals surface area contributed by atoms with Crippen LogP contribution >= 0.6 is 34.0 Å². The molecule has 13 rings (SSSR count). The Hall–Kier alpha value is -8.60. The second-order valence-electron chi connectivity index (χ2n) is 21.6. The number of hydrogen-bond acceptors (Lipinski definition) is 18. The molecule has 3 aliphatic carbocycles. The zero-order valence-electron chi connectivity index (χ0n) is 47.9. The molecule has 19 nitrogen and oxygen atoms in total. The van der Waals surface area contributed by atoms with Gasteiger partial charge in [0.25, 0.3) is 11.8 Å². The molecular weight excluding hydrogens is 1110 g/mol. The maximum Gasteiger partial charge on any atom is 0.356 e. The molecule has 10 heterocycles. The predicted molar refractivity (Wildman–Crippen MR) is 328 cm³/mol. The van der Waals surface area contributed by atoms with E-state index in [1.165, 1.54) is 67.8 Å². The molecule has 0 aliphatic heterocycles. The molecule has 2 N–H and O–H groups in total. The largest absolute Gasteiger partial charge is 0.461 e. The first-order chi connectivity index (χ1) is 40.7. The van der Waals surface area contributed by atoms with Crippen LogP contribution in [-0.4, -0.2) is 89.7 Å². The molecule has 2 amide bonds. The predicted octanol–water partition coefficient (Wildman–Crippen LogP) is 13.9. The number of esters is 1. The van der Waals surface area contributed by atoms with Crippen LogP contribution in [0.25, 0.3) is 54.4 Å². The average molecular weight is 1180 g/mol. The van der Waals surface area contributed by atoms with Crippen molar-refractivity contribution in [2.24, 2.45) is 0 Å². The molecule has 84 heavy (non-hydrogen) atoms. The Morgan fingerprint density at radius 1 is 0.536 bits per heavy atom. The van der Waals surface area contributed by atoms with E-state index in [2.05, 4.69) is 103 Å². The second kappa shape index (κ2) is 25.1. The number of pyridine rings is 5. The molecule has 428 valence electrons. The number of thiophene rings is 3. The van der Waals surface area contributed by atoms with Gasteiger partial charge in [-0.25, -0.2) is 29.1 Å². The molecule has 10 aromatic rings. The summed E-state index contributed by atoms with van der Waals surface area (Å²) in [5.41, 5.74) is 8.61. The smallest absolute Gasteiger partial charge is 0.356 e. The monoisotopic (exact) mass is 1180 g/mol. The SMILES string of the molecule is CCOC(=O)c1cc(-c2ccc(C3CC3)s2)c(C)cn1.Cc1cnc(C(=O)Nc2cccc(-c3nnnn3C(C)C)n2)cc1-c1ccc(C2CC2)s1.Cc1cnc(C(=O)Nc2cccc(-c3nnnn3C(C)C)n2)cc1-c1ccc(C2CC2)s1. The molecular formula is C62H63N15O4S3. The van der Waals surface area contributed by atoms with Gasteiger partial charge in [0.2, 0.25) is 11.6 Å². The van der Waals surface area contributed by atoms with E-state index in [0.29, 0.717) is 70.2 Å². The highest BCUT2D eigenvalue weighted by Gasteiger charge is 2.28. The van der Waals surface area contributed by atoms with Gasteiger partial charge in [0.1, 0.15) is 40.1 Å².